The number of nitrogens with zero attached hydrogens (tertiary/aromatic N) is 4. The van der Waals surface area contributed by atoms with Gasteiger partial charge in [-0.3, -0.25) is 0 Å². The first kappa shape index (κ1) is 16.2. The van der Waals surface area contributed by atoms with Crippen LogP contribution in [0.4, 0.5) is 11.8 Å². The lowest BCUT2D eigenvalue weighted by molar-refractivity contribution is 0.710. The summed E-state index contributed by atoms with van der Waals surface area (Å²) in [5.74, 6) is 1.47. The van der Waals surface area contributed by atoms with Gasteiger partial charge in [0.05, 0.1) is 6.20 Å². The molecule has 0 spiro atoms. The van der Waals surface area contributed by atoms with Crippen LogP contribution < -0.4 is 10.2 Å². The Kier molecular flexibility index (Phi) is 6.13. The van der Waals surface area contributed by atoms with Crippen molar-refractivity contribution in [3.05, 3.63) is 41.6 Å². The molecule has 22 heavy (non-hydrogen) atoms. The Balaban J connectivity index is 2.02. The molecule has 1 heterocycles. The molecule has 0 saturated heterocycles. The van der Waals surface area contributed by atoms with Crippen molar-refractivity contribution in [2.45, 2.75) is 40.2 Å². The fourth-order valence-electron chi connectivity index (χ4n) is 2.26. The maximum absolute atomic E-state index is 4.58. The van der Waals surface area contributed by atoms with Gasteiger partial charge in [-0.1, -0.05) is 43.7 Å². The van der Waals surface area contributed by atoms with Crippen LogP contribution in [-0.4, -0.2) is 28.3 Å². The minimum atomic E-state index is 0.706. The highest BCUT2D eigenvalue weighted by Crippen LogP contribution is 2.12. The Bertz CT molecular complexity index is 562. The van der Waals surface area contributed by atoms with E-state index in [1.807, 2.05) is 0 Å². The van der Waals surface area contributed by atoms with Crippen molar-refractivity contribution < 1.29 is 0 Å². The summed E-state index contributed by atoms with van der Waals surface area (Å²) in [6.45, 7) is 9.06. The van der Waals surface area contributed by atoms with Crippen LogP contribution in [0.2, 0.25) is 0 Å². The minimum Gasteiger partial charge on any atom is -0.365 e. The van der Waals surface area contributed by atoms with E-state index in [2.05, 4.69) is 70.4 Å². The zero-order valence-electron chi connectivity index (χ0n) is 13.7. The third-order valence-corrected chi connectivity index (χ3v) is 3.41. The minimum absolute atomic E-state index is 0.706. The molecule has 0 fully saturated rings. The van der Waals surface area contributed by atoms with E-state index in [0.717, 1.165) is 38.3 Å². The van der Waals surface area contributed by atoms with Crippen molar-refractivity contribution in [3.8, 4) is 0 Å². The molecule has 0 bridgehead atoms. The molecule has 0 saturated carbocycles. The monoisotopic (exact) mass is 299 g/mol. The lowest BCUT2D eigenvalue weighted by atomic mass is 10.1. The summed E-state index contributed by atoms with van der Waals surface area (Å²) in [7, 11) is 0. The third-order valence-electron chi connectivity index (χ3n) is 3.41. The SMILES string of the molecule is CCCN(CCC)c1nncc(NCc2ccc(C)cc2)n1. The first-order valence-electron chi connectivity index (χ1n) is 7.97. The second-order valence-corrected chi connectivity index (χ2v) is 5.47. The fraction of sp³-hybridized carbons (Fsp3) is 0.471. The molecule has 5 heteroatoms. The average Bonchev–Trinajstić information content (AvgIpc) is 2.54. The molecule has 0 aliphatic heterocycles. The van der Waals surface area contributed by atoms with Crippen LogP contribution in [0, 0.1) is 6.92 Å². The van der Waals surface area contributed by atoms with Crippen molar-refractivity contribution in [2.75, 3.05) is 23.3 Å². The maximum Gasteiger partial charge on any atom is 0.247 e. The fourth-order valence-corrected chi connectivity index (χ4v) is 2.26. The van der Waals surface area contributed by atoms with E-state index in [4.69, 9.17) is 0 Å². The predicted molar refractivity (Wildman–Crippen MR) is 91.1 cm³/mol. The lowest BCUT2D eigenvalue weighted by Gasteiger charge is -2.21. The van der Waals surface area contributed by atoms with E-state index in [-0.39, 0.29) is 0 Å². The highest BCUT2D eigenvalue weighted by Gasteiger charge is 2.09. The summed E-state index contributed by atoms with van der Waals surface area (Å²) >= 11 is 0. The molecule has 2 aromatic rings. The summed E-state index contributed by atoms with van der Waals surface area (Å²) in [4.78, 5) is 6.77. The Morgan fingerprint density at radius 1 is 1.05 bits per heavy atom. The Morgan fingerprint density at radius 2 is 1.73 bits per heavy atom. The van der Waals surface area contributed by atoms with Gasteiger partial charge in [0.25, 0.3) is 0 Å². The number of aryl methyl sites for hydroxylation is 1. The summed E-state index contributed by atoms with van der Waals surface area (Å²) in [6.07, 6.45) is 3.82. The van der Waals surface area contributed by atoms with Crippen molar-refractivity contribution in [3.63, 3.8) is 0 Å². The summed E-state index contributed by atoms with van der Waals surface area (Å²) in [6, 6.07) is 8.48. The standard InChI is InChI=1S/C17H25N5/c1-4-10-22(11-5-2)17-20-16(13-19-21-17)18-12-15-8-6-14(3)7-9-15/h6-9,13H,4-5,10-12H2,1-3H3,(H,18,20,21). The molecule has 118 valence electrons. The van der Waals surface area contributed by atoms with E-state index in [0.29, 0.717) is 5.95 Å². The molecule has 0 unspecified atom stereocenters. The molecule has 0 amide bonds. The number of hydrogen-bond acceptors (Lipinski definition) is 5. The van der Waals surface area contributed by atoms with Crippen LogP contribution in [0.3, 0.4) is 0 Å². The highest BCUT2D eigenvalue weighted by atomic mass is 15.3. The molecule has 0 aliphatic rings. The van der Waals surface area contributed by atoms with Gasteiger partial charge in [-0.05, 0) is 25.3 Å². The topological polar surface area (TPSA) is 53.9 Å². The lowest BCUT2D eigenvalue weighted by Crippen LogP contribution is -2.27. The Morgan fingerprint density at radius 3 is 2.36 bits per heavy atom. The molecule has 1 aromatic carbocycles. The molecule has 0 radical (unpaired) electrons. The van der Waals surface area contributed by atoms with E-state index >= 15 is 0 Å². The number of benzene rings is 1. The molecule has 2 rings (SSSR count). The van der Waals surface area contributed by atoms with Crippen LogP contribution in [0.25, 0.3) is 0 Å². The summed E-state index contributed by atoms with van der Waals surface area (Å²) in [5.41, 5.74) is 2.49. The molecular formula is C17H25N5. The zero-order valence-corrected chi connectivity index (χ0v) is 13.7. The number of nitrogens with one attached hydrogen (secondary N) is 1. The highest BCUT2D eigenvalue weighted by molar-refractivity contribution is 5.39. The normalized spacial score (nSPS) is 10.5. The molecular weight excluding hydrogens is 274 g/mol. The van der Waals surface area contributed by atoms with Crippen molar-refractivity contribution in [2.24, 2.45) is 0 Å². The number of rotatable bonds is 8. The van der Waals surface area contributed by atoms with Gasteiger partial charge in [0.2, 0.25) is 5.95 Å². The van der Waals surface area contributed by atoms with Crippen molar-refractivity contribution >= 4 is 11.8 Å². The van der Waals surface area contributed by atoms with E-state index in [9.17, 15) is 0 Å². The first-order chi connectivity index (χ1) is 10.7. The van der Waals surface area contributed by atoms with Gasteiger partial charge in [-0.2, -0.15) is 10.1 Å². The third kappa shape index (κ3) is 4.69. The van der Waals surface area contributed by atoms with Crippen LogP contribution in [-0.2, 0) is 6.54 Å². The largest absolute Gasteiger partial charge is 0.365 e. The van der Waals surface area contributed by atoms with E-state index in [1.54, 1.807) is 6.20 Å². The molecule has 0 aliphatic carbocycles. The second-order valence-electron chi connectivity index (χ2n) is 5.47. The van der Waals surface area contributed by atoms with Crippen LogP contribution in [0.1, 0.15) is 37.8 Å². The van der Waals surface area contributed by atoms with Gasteiger partial charge in [-0.15, -0.1) is 5.10 Å². The van der Waals surface area contributed by atoms with Crippen molar-refractivity contribution in [1.82, 2.24) is 15.2 Å². The predicted octanol–water partition coefficient (Wildman–Crippen LogP) is 3.42. The average molecular weight is 299 g/mol. The smallest absolute Gasteiger partial charge is 0.247 e. The van der Waals surface area contributed by atoms with Crippen molar-refractivity contribution in [1.29, 1.82) is 0 Å². The maximum atomic E-state index is 4.58. The van der Waals surface area contributed by atoms with Gasteiger partial charge in [0, 0.05) is 19.6 Å². The number of anilines is 2. The van der Waals surface area contributed by atoms with Gasteiger partial charge in [-0.25, -0.2) is 0 Å². The van der Waals surface area contributed by atoms with Gasteiger partial charge in [0.1, 0.15) is 0 Å². The van der Waals surface area contributed by atoms with E-state index in [1.165, 1.54) is 11.1 Å². The Hall–Kier alpha value is -2.17. The molecule has 1 N–H and O–H groups in total. The second kappa shape index (κ2) is 8.32. The zero-order chi connectivity index (χ0) is 15.8. The molecule has 1 aromatic heterocycles. The van der Waals surface area contributed by atoms with Gasteiger partial charge >= 0.3 is 0 Å². The van der Waals surface area contributed by atoms with Crippen LogP contribution in [0.15, 0.2) is 30.5 Å². The quantitative estimate of drug-likeness (QED) is 0.809. The van der Waals surface area contributed by atoms with E-state index < -0.39 is 0 Å². The summed E-state index contributed by atoms with van der Waals surface area (Å²) < 4.78 is 0. The first-order valence-corrected chi connectivity index (χ1v) is 7.97. The van der Waals surface area contributed by atoms with Crippen LogP contribution >= 0.6 is 0 Å². The number of hydrogen-bond donors (Lipinski definition) is 1. The molecule has 5 nitrogen and oxygen atoms in total. The van der Waals surface area contributed by atoms with Crippen LogP contribution in [0.5, 0.6) is 0 Å². The van der Waals surface area contributed by atoms with Gasteiger partial charge < -0.3 is 10.2 Å². The molecule has 0 atom stereocenters. The Labute approximate surface area is 132 Å². The summed E-state index contributed by atoms with van der Waals surface area (Å²) in [5, 5.41) is 11.6. The van der Waals surface area contributed by atoms with Gasteiger partial charge in [0.15, 0.2) is 5.82 Å². The number of aromatic nitrogens is 3.